The van der Waals surface area contributed by atoms with Gasteiger partial charge >= 0.3 is 6.09 Å². The Hall–Kier alpha value is -0.810. The minimum Gasteiger partial charge on any atom is -0.447 e. The Labute approximate surface area is 64.1 Å². The highest BCUT2D eigenvalue weighted by Gasteiger charge is 2.33. The van der Waals surface area contributed by atoms with Crippen molar-refractivity contribution in [1.29, 1.82) is 0 Å². The first-order valence-corrected chi connectivity index (χ1v) is 3.35. The molecule has 0 aromatic heterocycles. The summed E-state index contributed by atoms with van der Waals surface area (Å²) in [7, 11) is 0. The van der Waals surface area contributed by atoms with E-state index < -0.39 is 11.7 Å². The van der Waals surface area contributed by atoms with E-state index >= 15 is 0 Å². The minimum absolute atomic E-state index is 0.0810. The second-order valence-electron chi connectivity index (χ2n) is 2.63. The molecule has 3 N–H and O–H groups in total. The number of primary amides is 1. The van der Waals surface area contributed by atoms with E-state index in [-0.39, 0.29) is 13.2 Å². The quantitative estimate of drug-likeness (QED) is 0.557. The van der Waals surface area contributed by atoms with Gasteiger partial charge in [-0.2, -0.15) is 0 Å². The maximum atomic E-state index is 10.1. The van der Waals surface area contributed by atoms with Gasteiger partial charge in [0.2, 0.25) is 0 Å². The second-order valence-corrected chi connectivity index (χ2v) is 2.63. The third-order valence-electron chi connectivity index (χ3n) is 1.57. The zero-order valence-electron chi connectivity index (χ0n) is 6.08. The van der Waals surface area contributed by atoms with Crippen molar-refractivity contribution >= 4 is 6.09 Å². The molecule has 0 unspecified atom stereocenters. The predicted octanol–water partition coefficient (Wildman–Crippen LogP) is -0.767. The topological polar surface area (TPSA) is 81.8 Å². The molecule has 0 bridgehead atoms. The van der Waals surface area contributed by atoms with Crippen molar-refractivity contribution in [1.82, 2.24) is 0 Å². The standard InChI is InChI=1S/C6H11NO4/c7-5(8)11-4-6(9)1-2-10-3-6/h9H,1-4H2,(H2,7,8)/t6-/m0/s1. The number of aliphatic hydroxyl groups is 1. The van der Waals surface area contributed by atoms with E-state index in [1.165, 1.54) is 0 Å². The maximum absolute atomic E-state index is 10.1. The van der Waals surface area contributed by atoms with Crippen molar-refractivity contribution in [2.75, 3.05) is 19.8 Å². The molecule has 1 amide bonds. The molecule has 5 nitrogen and oxygen atoms in total. The molecule has 1 atom stereocenters. The molecule has 64 valence electrons. The fraction of sp³-hybridized carbons (Fsp3) is 0.833. The first-order valence-electron chi connectivity index (χ1n) is 3.35. The van der Waals surface area contributed by atoms with Crippen LogP contribution < -0.4 is 5.73 Å². The summed E-state index contributed by atoms with van der Waals surface area (Å²) in [6.07, 6.45) is -0.384. The van der Waals surface area contributed by atoms with Crippen LogP contribution in [-0.2, 0) is 9.47 Å². The van der Waals surface area contributed by atoms with E-state index in [0.717, 1.165) is 0 Å². The van der Waals surface area contributed by atoms with Crippen molar-refractivity contribution in [3.63, 3.8) is 0 Å². The zero-order chi connectivity index (χ0) is 8.32. The van der Waals surface area contributed by atoms with Crippen LogP contribution in [0.1, 0.15) is 6.42 Å². The van der Waals surface area contributed by atoms with E-state index in [9.17, 15) is 9.90 Å². The number of nitrogens with two attached hydrogens (primary N) is 1. The molecule has 0 spiro atoms. The summed E-state index contributed by atoms with van der Waals surface area (Å²) in [4.78, 5) is 10.1. The Morgan fingerprint density at radius 1 is 1.82 bits per heavy atom. The van der Waals surface area contributed by atoms with Crippen LogP contribution in [0.2, 0.25) is 0 Å². The van der Waals surface area contributed by atoms with Crippen molar-refractivity contribution in [2.24, 2.45) is 5.73 Å². The fourth-order valence-electron chi connectivity index (χ4n) is 0.916. The van der Waals surface area contributed by atoms with Crippen LogP contribution in [0.3, 0.4) is 0 Å². The van der Waals surface area contributed by atoms with Gasteiger partial charge in [-0.1, -0.05) is 0 Å². The van der Waals surface area contributed by atoms with Gasteiger partial charge < -0.3 is 20.3 Å². The van der Waals surface area contributed by atoms with Crippen molar-refractivity contribution in [3.8, 4) is 0 Å². The van der Waals surface area contributed by atoms with Gasteiger partial charge in [-0.05, 0) is 0 Å². The molecule has 1 saturated heterocycles. The van der Waals surface area contributed by atoms with Crippen LogP contribution in [0.15, 0.2) is 0 Å². The second kappa shape index (κ2) is 3.06. The molecular weight excluding hydrogens is 150 g/mol. The van der Waals surface area contributed by atoms with Crippen LogP contribution >= 0.6 is 0 Å². The lowest BCUT2D eigenvalue weighted by atomic mass is 10.1. The number of carbonyl (C=O) groups excluding carboxylic acids is 1. The predicted molar refractivity (Wildman–Crippen MR) is 35.9 cm³/mol. The van der Waals surface area contributed by atoms with E-state index in [2.05, 4.69) is 4.74 Å². The van der Waals surface area contributed by atoms with Gasteiger partial charge in [0, 0.05) is 13.0 Å². The molecule has 1 fully saturated rings. The molecular formula is C6H11NO4. The summed E-state index contributed by atoms with van der Waals surface area (Å²) >= 11 is 0. The summed E-state index contributed by atoms with van der Waals surface area (Å²) in [6, 6.07) is 0. The Bertz CT molecular complexity index is 153. The number of ether oxygens (including phenoxy) is 2. The lowest BCUT2D eigenvalue weighted by Gasteiger charge is -2.18. The summed E-state index contributed by atoms with van der Waals surface area (Å²) in [5.41, 5.74) is 3.70. The molecule has 0 saturated carbocycles. The summed E-state index contributed by atoms with van der Waals surface area (Å²) < 4.78 is 9.35. The van der Waals surface area contributed by atoms with Crippen LogP contribution in [0.25, 0.3) is 0 Å². The van der Waals surface area contributed by atoms with Gasteiger partial charge in [-0.25, -0.2) is 4.79 Å². The molecule has 0 radical (unpaired) electrons. The Morgan fingerprint density at radius 3 is 3.00 bits per heavy atom. The molecule has 1 aliphatic heterocycles. The van der Waals surface area contributed by atoms with Crippen molar-refractivity contribution in [3.05, 3.63) is 0 Å². The Morgan fingerprint density at radius 2 is 2.55 bits per heavy atom. The number of hydrogen-bond donors (Lipinski definition) is 2. The molecule has 5 heteroatoms. The Kier molecular flexibility index (Phi) is 2.31. The third kappa shape index (κ3) is 2.36. The molecule has 1 heterocycles. The molecule has 1 rings (SSSR count). The van der Waals surface area contributed by atoms with Crippen LogP contribution in [0, 0.1) is 0 Å². The fourth-order valence-corrected chi connectivity index (χ4v) is 0.916. The SMILES string of the molecule is NC(=O)OC[C@]1(O)CCOC1. The molecule has 1 aliphatic rings. The first kappa shape index (κ1) is 8.29. The summed E-state index contributed by atoms with van der Waals surface area (Å²) in [6.45, 7) is 0.626. The Balaban J connectivity index is 2.28. The summed E-state index contributed by atoms with van der Waals surface area (Å²) in [5.74, 6) is 0. The number of rotatable bonds is 2. The average molecular weight is 161 g/mol. The lowest BCUT2D eigenvalue weighted by molar-refractivity contribution is -0.0247. The third-order valence-corrected chi connectivity index (χ3v) is 1.57. The highest BCUT2D eigenvalue weighted by Crippen LogP contribution is 2.18. The van der Waals surface area contributed by atoms with Gasteiger partial charge in [0.25, 0.3) is 0 Å². The number of amides is 1. The van der Waals surface area contributed by atoms with Gasteiger partial charge in [-0.3, -0.25) is 0 Å². The monoisotopic (exact) mass is 161 g/mol. The largest absolute Gasteiger partial charge is 0.447 e. The van der Waals surface area contributed by atoms with E-state index in [4.69, 9.17) is 10.5 Å². The van der Waals surface area contributed by atoms with Gasteiger partial charge in [0.15, 0.2) is 0 Å². The van der Waals surface area contributed by atoms with E-state index in [0.29, 0.717) is 13.0 Å². The molecule has 11 heavy (non-hydrogen) atoms. The van der Waals surface area contributed by atoms with Crippen LogP contribution in [-0.4, -0.2) is 36.6 Å². The first-order chi connectivity index (χ1) is 5.12. The highest BCUT2D eigenvalue weighted by atomic mass is 16.6. The van der Waals surface area contributed by atoms with Crippen molar-refractivity contribution < 1.29 is 19.4 Å². The normalized spacial score (nSPS) is 30.3. The summed E-state index contributed by atoms with van der Waals surface area (Å²) in [5, 5.41) is 9.48. The molecule has 0 aliphatic carbocycles. The number of carbonyl (C=O) groups is 1. The van der Waals surface area contributed by atoms with Crippen molar-refractivity contribution in [2.45, 2.75) is 12.0 Å². The van der Waals surface area contributed by atoms with Gasteiger partial charge in [0.05, 0.1) is 6.61 Å². The smallest absolute Gasteiger partial charge is 0.404 e. The van der Waals surface area contributed by atoms with E-state index in [1.807, 2.05) is 0 Å². The van der Waals surface area contributed by atoms with E-state index in [1.54, 1.807) is 0 Å². The average Bonchev–Trinajstić information content (AvgIpc) is 2.33. The van der Waals surface area contributed by atoms with Crippen LogP contribution in [0.4, 0.5) is 4.79 Å². The minimum atomic E-state index is -1.02. The maximum Gasteiger partial charge on any atom is 0.404 e. The number of hydrogen-bond acceptors (Lipinski definition) is 4. The zero-order valence-corrected chi connectivity index (χ0v) is 6.08. The van der Waals surface area contributed by atoms with Crippen LogP contribution in [0.5, 0.6) is 0 Å². The van der Waals surface area contributed by atoms with Gasteiger partial charge in [-0.15, -0.1) is 0 Å². The van der Waals surface area contributed by atoms with Gasteiger partial charge in [0.1, 0.15) is 12.2 Å². The lowest BCUT2D eigenvalue weighted by Crippen LogP contribution is -2.36. The molecule has 0 aromatic carbocycles. The highest BCUT2D eigenvalue weighted by molar-refractivity contribution is 5.64. The molecule has 0 aromatic rings.